The summed E-state index contributed by atoms with van der Waals surface area (Å²) < 4.78 is 2.26. The topological polar surface area (TPSA) is 43.8 Å². The summed E-state index contributed by atoms with van der Waals surface area (Å²) in [6.45, 7) is 5.71. The van der Waals surface area contributed by atoms with Crippen molar-refractivity contribution in [1.82, 2.24) is 9.55 Å². The number of benzene rings is 2. The smallest absolute Gasteiger partial charge is 0.114 e. The minimum atomic E-state index is 0.625. The number of aromatic nitrogens is 2. The summed E-state index contributed by atoms with van der Waals surface area (Å²) >= 11 is 0. The average molecular weight is 279 g/mol. The van der Waals surface area contributed by atoms with Crippen molar-refractivity contribution in [2.24, 2.45) is 5.73 Å². The lowest BCUT2D eigenvalue weighted by Crippen LogP contribution is -2.13. The summed E-state index contributed by atoms with van der Waals surface area (Å²) in [6.07, 6.45) is 0.841. The summed E-state index contributed by atoms with van der Waals surface area (Å²) in [4.78, 5) is 4.84. The van der Waals surface area contributed by atoms with Crippen LogP contribution in [0.15, 0.2) is 42.5 Å². The van der Waals surface area contributed by atoms with Gasteiger partial charge in [0.25, 0.3) is 0 Å². The Bertz CT molecular complexity index is 757. The maximum atomic E-state index is 5.79. The van der Waals surface area contributed by atoms with Crippen molar-refractivity contribution in [3.05, 3.63) is 65.0 Å². The van der Waals surface area contributed by atoms with Crippen LogP contribution < -0.4 is 5.73 Å². The third kappa shape index (κ3) is 2.69. The normalized spacial score (nSPS) is 11.2. The van der Waals surface area contributed by atoms with Crippen LogP contribution in [0.1, 0.15) is 22.5 Å². The summed E-state index contributed by atoms with van der Waals surface area (Å²) in [5.41, 5.74) is 11.9. The molecule has 3 rings (SSSR count). The zero-order valence-corrected chi connectivity index (χ0v) is 12.6. The predicted octanol–water partition coefficient (Wildman–Crippen LogP) is 3.20. The maximum absolute atomic E-state index is 5.79. The minimum Gasteiger partial charge on any atom is -0.329 e. The zero-order valence-electron chi connectivity index (χ0n) is 12.6. The Kier molecular flexibility index (Phi) is 3.76. The SMILES string of the molecule is Cc1cc2nc(Cc3ccccc3)n(CCN)c2cc1C. The standard InChI is InChI=1S/C18H21N3/c1-13-10-16-17(11-14(13)2)21(9-8-19)18(20-16)12-15-6-4-3-5-7-15/h3-7,10-11H,8-9,12,19H2,1-2H3. The Labute approximate surface area is 125 Å². The van der Waals surface area contributed by atoms with Crippen LogP contribution in [0, 0.1) is 13.8 Å². The molecule has 0 fully saturated rings. The van der Waals surface area contributed by atoms with E-state index in [1.165, 1.54) is 22.2 Å². The van der Waals surface area contributed by atoms with Crippen molar-refractivity contribution in [3.63, 3.8) is 0 Å². The summed E-state index contributed by atoms with van der Waals surface area (Å²) in [7, 11) is 0. The molecular weight excluding hydrogens is 258 g/mol. The zero-order chi connectivity index (χ0) is 14.8. The molecule has 0 amide bonds. The number of nitrogens with two attached hydrogens (primary N) is 1. The highest BCUT2D eigenvalue weighted by Crippen LogP contribution is 2.22. The Balaban J connectivity index is 2.10. The van der Waals surface area contributed by atoms with E-state index in [-0.39, 0.29) is 0 Å². The van der Waals surface area contributed by atoms with Crippen molar-refractivity contribution in [3.8, 4) is 0 Å². The second kappa shape index (κ2) is 5.70. The first kappa shape index (κ1) is 13.8. The van der Waals surface area contributed by atoms with Crippen LogP contribution in [0.4, 0.5) is 0 Å². The number of rotatable bonds is 4. The molecule has 0 saturated heterocycles. The molecule has 0 saturated carbocycles. The summed E-state index contributed by atoms with van der Waals surface area (Å²) in [6, 6.07) is 14.9. The lowest BCUT2D eigenvalue weighted by atomic mass is 10.1. The maximum Gasteiger partial charge on any atom is 0.114 e. The van der Waals surface area contributed by atoms with Gasteiger partial charge in [0, 0.05) is 19.5 Å². The molecular formula is C18H21N3. The Hall–Kier alpha value is -2.13. The van der Waals surface area contributed by atoms with E-state index in [1.807, 2.05) is 6.07 Å². The van der Waals surface area contributed by atoms with Crippen LogP contribution in [0.3, 0.4) is 0 Å². The average Bonchev–Trinajstić information content (AvgIpc) is 2.79. The molecule has 3 aromatic rings. The van der Waals surface area contributed by atoms with Crippen molar-refractivity contribution >= 4 is 11.0 Å². The molecule has 0 radical (unpaired) electrons. The molecule has 2 N–H and O–H groups in total. The van der Waals surface area contributed by atoms with Gasteiger partial charge in [-0.25, -0.2) is 4.98 Å². The molecule has 0 unspecified atom stereocenters. The van der Waals surface area contributed by atoms with Crippen molar-refractivity contribution < 1.29 is 0 Å². The van der Waals surface area contributed by atoms with Crippen molar-refractivity contribution in [1.29, 1.82) is 0 Å². The molecule has 0 bridgehead atoms. The first-order chi connectivity index (χ1) is 10.2. The lowest BCUT2D eigenvalue weighted by molar-refractivity contribution is 0.690. The first-order valence-electron chi connectivity index (χ1n) is 7.39. The van der Waals surface area contributed by atoms with Crippen molar-refractivity contribution in [2.45, 2.75) is 26.8 Å². The van der Waals surface area contributed by atoms with Crippen LogP contribution in [0.5, 0.6) is 0 Å². The van der Waals surface area contributed by atoms with E-state index in [1.54, 1.807) is 0 Å². The number of imidazole rings is 1. The van der Waals surface area contributed by atoms with E-state index < -0.39 is 0 Å². The molecule has 3 nitrogen and oxygen atoms in total. The van der Waals surface area contributed by atoms with Crippen molar-refractivity contribution in [2.75, 3.05) is 6.54 Å². The van der Waals surface area contributed by atoms with Gasteiger partial charge in [-0.2, -0.15) is 0 Å². The predicted molar refractivity (Wildman–Crippen MR) is 87.5 cm³/mol. The van der Waals surface area contributed by atoms with Crippen LogP contribution in [-0.4, -0.2) is 16.1 Å². The van der Waals surface area contributed by atoms with Gasteiger partial charge < -0.3 is 10.3 Å². The number of fused-ring (bicyclic) bond motifs is 1. The molecule has 0 aliphatic heterocycles. The van der Waals surface area contributed by atoms with Gasteiger partial charge in [0.05, 0.1) is 11.0 Å². The molecule has 0 atom stereocenters. The van der Waals surface area contributed by atoms with Crippen LogP contribution >= 0.6 is 0 Å². The molecule has 1 aromatic heterocycles. The quantitative estimate of drug-likeness (QED) is 0.797. The minimum absolute atomic E-state index is 0.625. The molecule has 1 heterocycles. The van der Waals surface area contributed by atoms with Gasteiger partial charge in [-0.05, 0) is 42.7 Å². The van der Waals surface area contributed by atoms with Gasteiger partial charge in [0.1, 0.15) is 5.82 Å². The molecule has 108 valence electrons. The second-order valence-corrected chi connectivity index (χ2v) is 5.56. The van der Waals surface area contributed by atoms with E-state index in [0.717, 1.165) is 24.3 Å². The molecule has 2 aromatic carbocycles. The third-order valence-electron chi connectivity index (χ3n) is 4.00. The van der Waals surface area contributed by atoms with E-state index in [2.05, 4.69) is 54.8 Å². The van der Waals surface area contributed by atoms with Crippen LogP contribution in [0.25, 0.3) is 11.0 Å². The molecule has 0 aliphatic carbocycles. The third-order valence-corrected chi connectivity index (χ3v) is 4.00. The molecule has 0 aliphatic rings. The van der Waals surface area contributed by atoms with Crippen LogP contribution in [-0.2, 0) is 13.0 Å². The van der Waals surface area contributed by atoms with Gasteiger partial charge >= 0.3 is 0 Å². The number of hydrogen-bond donors (Lipinski definition) is 1. The van der Waals surface area contributed by atoms with Gasteiger partial charge in [0.15, 0.2) is 0 Å². The lowest BCUT2D eigenvalue weighted by Gasteiger charge is -2.08. The highest BCUT2D eigenvalue weighted by atomic mass is 15.1. The fourth-order valence-electron chi connectivity index (χ4n) is 2.72. The number of nitrogens with zero attached hydrogens (tertiary/aromatic N) is 2. The van der Waals surface area contributed by atoms with Gasteiger partial charge in [0.2, 0.25) is 0 Å². The second-order valence-electron chi connectivity index (χ2n) is 5.56. The fraction of sp³-hybridized carbons (Fsp3) is 0.278. The monoisotopic (exact) mass is 279 g/mol. The molecule has 21 heavy (non-hydrogen) atoms. The molecule has 0 spiro atoms. The highest BCUT2D eigenvalue weighted by Gasteiger charge is 2.12. The fourth-order valence-corrected chi connectivity index (χ4v) is 2.72. The Morgan fingerprint density at radius 3 is 2.48 bits per heavy atom. The van der Waals surface area contributed by atoms with E-state index in [9.17, 15) is 0 Å². The Morgan fingerprint density at radius 1 is 1.05 bits per heavy atom. The first-order valence-corrected chi connectivity index (χ1v) is 7.39. The highest BCUT2D eigenvalue weighted by molar-refractivity contribution is 5.78. The number of aryl methyl sites for hydroxylation is 2. The van der Waals surface area contributed by atoms with Crippen LogP contribution in [0.2, 0.25) is 0 Å². The summed E-state index contributed by atoms with van der Waals surface area (Å²) in [5, 5.41) is 0. The molecule has 3 heteroatoms. The van der Waals surface area contributed by atoms with E-state index in [4.69, 9.17) is 10.7 Å². The van der Waals surface area contributed by atoms with E-state index in [0.29, 0.717) is 6.54 Å². The van der Waals surface area contributed by atoms with E-state index >= 15 is 0 Å². The van der Waals surface area contributed by atoms with Gasteiger partial charge in [-0.3, -0.25) is 0 Å². The Morgan fingerprint density at radius 2 is 1.76 bits per heavy atom. The van der Waals surface area contributed by atoms with Gasteiger partial charge in [-0.15, -0.1) is 0 Å². The summed E-state index contributed by atoms with van der Waals surface area (Å²) in [5.74, 6) is 1.09. The van der Waals surface area contributed by atoms with Gasteiger partial charge in [-0.1, -0.05) is 30.3 Å². The largest absolute Gasteiger partial charge is 0.329 e. The number of hydrogen-bond acceptors (Lipinski definition) is 2.